The number of anilines is 1. The van der Waals surface area contributed by atoms with Crippen LogP contribution in [0.5, 0.6) is 0 Å². The first-order valence-electron chi connectivity index (χ1n) is 7.07. The second-order valence-corrected chi connectivity index (χ2v) is 6.70. The maximum atomic E-state index is 12.2. The van der Waals surface area contributed by atoms with Crippen molar-refractivity contribution in [3.8, 4) is 0 Å². The zero-order valence-electron chi connectivity index (χ0n) is 11.0. The van der Waals surface area contributed by atoms with E-state index in [-0.39, 0.29) is 11.9 Å². The number of benzene rings is 1. The van der Waals surface area contributed by atoms with Gasteiger partial charge in [-0.2, -0.15) is 11.8 Å². The second-order valence-electron chi connectivity index (χ2n) is 5.29. The molecule has 102 valence electrons. The van der Waals surface area contributed by atoms with Gasteiger partial charge in [0.25, 0.3) is 0 Å². The van der Waals surface area contributed by atoms with Crippen LogP contribution in [0, 0.1) is 0 Å². The molecule has 0 aromatic heterocycles. The lowest BCUT2D eigenvalue weighted by atomic mass is 10.1. The maximum Gasteiger partial charge on any atom is 0.242 e. The van der Waals surface area contributed by atoms with E-state index in [9.17, 15) is 4.79 Å². The third kappa shape index (κ3) is 3.06. The Kier molecular flexibility index (Phi) is 3.97. The van der Waals surface area contributed by atoms with Gasteiger partial charge in [0.15, 0.2) is 0 Å². The zero-order valence-corrected chi connectivity index (χ0v) is 11.8. The summed E-state index contributed by atoms with van der Waals surface area (Å²) in [6.07, 6.45) is 4.68. The third-order valence-electron chi connectivity index (χ3n) is 3.87. The molecule has 0 radical (unpaired) electrons. The molecule has 2 heterocycles. The number of nitrogens with one attached hydrogen (secondary N) is 2. The van der Waals surface area contributed by atoms with Crippen molar-refractivity contribution in [1.82, 2.24) is 5.32 Å². The molecular formula is C15H20N2OS. The van der Waals surface area contributed by atoms with E-state index in [0.717, 1.165) is 18.7 Å². The quantitative estimate of drug-likeness (QED) is 0.891. The molecular weight excluding hydrogens is 256 g/mol. The van der Waals surface area contributed by atoms with Crippen molar-refractivity contribution in [3.05, 3.63) is 29.8 Å². The predicted molar refractivity (Wildman–Crippen MR) is 80.7 cm³/mol. The standard InChI is InChI=1S/C15H20N2OS/c18-15(16-10-12-6-3-4-8-19-12)14-9-11-5-1-2-7-13(11)17-14/h1-2,5,7,12,14,17H,3-4,6,8-10H2,(H,16,18)/t12?,14-/m0/s1. The van der Waals surface area contributed by atoms with Crippen LogP contribution in [0.15, 0.2) is 24.3 Å². The Morgan fingerprint density at radius 1 is 1.37 bits per heavy atom. The van der Waals surface area contributed by atoms with Crippen LogP contribution in [0.3, 0.4) is 0 Å². The molecule has 0 saturated carbocycles. The first kappa shape index (κ1) is 12.9. The summed E-state index contributed by atoms with van der Waals surface area (Å²) < 4.78 is 0. The molecule has 2 atom stereocenters. The largest absolute Gasteiger partial charge is 0.373 e. The molecule has 0 bridgehead atoms. The number of carbonyl (C=O) groups excluding carboxylic acids is 1. The van der Waals surface area contributed by atoms with Crippen LogP contribution in [-0.2, 0) is 11.2 Å². The molecule has 0 spiro atoms. The molecule has 1 unspecified atom stereocenters. The molecule has 2 aliphatic heterocycles. The lowest BCUT2D eigenvalue weighted by Gasteiger charge is -2.22. The van der Waals surface area contributed by atoms with E-state index in [1.165, 1.54) is 30.6 Å². The maximum absolute atomic E-state index is 12.2. The first-order chi connectivity index (χ1) is 9.33. The lowest BCUT2D eigenvalue weighted by molar-refractivity contribution is -0.121. The number of para-hydroxylation sites is 1. The van der Waals surface area contributed by atoms with Gasteiger partial charge in [0.2, 0.25) is 5.91 Å². The summed E-state index contributed by atoms with van der Waals surface area (Å²) in [5, 5.41) is 7.02. The van der Waals surface area contributed by atoms with Crippen molar-refractivity contribution in [3.63, 3.8) is 0 Å². The van der Waals surface area contributed by atoms with Gasteiger partial charge in [-0.05, 0) is 30.2 Å². The van der Waals surface area contributed by atoms with Crippen LogP contribution in [-0.4, -0.2) is 29.5 Å². The van der Waals surface area contributed by atoms with Gasteiger partial charge in [-0.3, -0.25) is 4.79 Å². The molecule has 1 saturated heterocycles. The van der Waals surface area contributed by atoms with Gasteiger partial charge in [0.1, 0.15) is 6.04 Å². The summed E-state index contributed by atoms with van der Waals surface area (Å²) in [5.41, 5.74) is 2.35. The Labute approximate surface area is 118 Å². The van der Waals surface area contributed by atoms with E-state index in [0.29, 0.717) is 5.25 Å². The summed E-state index contributed by atoms with van der Waals surface area (Å²) >= 11 is 2.00. The summed E-state index contributed by atoms with van der Waals surface area (Å²) in [6, 6.07) is 8.07. The van der Waals surface area contributed by atoms with Crippen molar-refractivity contribution < 1.29 is 4.79 Å². The minimum absolute atomic E-state index is 0.0917. The number of hydrogen-bond donors (Lipinski definition) is 2. The van der Waals surface area contributed by atoms with Crippen LogP contribution in [0.2, 0.25) is 0 Å². The molecule has 1 fully saturated rings. The van der Waals surface area contributed by atoms with Crippen LogP contribution in [0.1, 0.15) is 24.8 Å². The van der Waals surface area contributed by atoms with Crippen LogP contribution in [0.25, 0.3) is 0 Å². The molecule has 3 rings (SSSR count). The van der Waals surface area contributed by atoms with E-state index < -0.39 is 0 Å². The smallest absolute Gasteiger partial charge is 0.242 e. The molecule has 1 aromatic rings. The van der Waals surface area contributed by atoms with Gasteiger partial charge in [0, 0.05) is 23.9 Å². The van der Waals surface area contributed by atoms with Gasteiger partial charge >= 0.3 is 0 Å². The number of fused-ring (bicyclic) bond motifs is 1. The highest BCUT2D eigenvalue weighted by atomic mass is 32.2. The van der Waals surface area contributed by atoms with E-state index >= 15 is 0 Å². The first-order valence-corrected chi connectivity index (χ1v) is 8.11. The molecule has 1 amide bonds. The zero-order chi connectivity index (χ0) is 13.1. The van der Waals surface area contributed by atoms with Crippen molar-refractivity contribution in [1.29, 1.82) is 0 Å². The Bertz CT molecular complexity index is 432. The number of carbonyl (C=O) groups is 1. The van der Waals surface area contributed by atoms with E-state index in [1.807, 2.05) is 30.0 Å². The normalized spacial score (nSPS) is 25.5. The minimum Gasteiger partial charge on any atom is -0.373 e. The van der Waals surface area contributed by atoms with Gasteiger partial charge in [-0.25, -0.2) is 0 Å². The topological polar surface area (TPSA) is 41.1 Å². The predicted octanol–water partition coefficient (Wildman–Crippen LogP) is 2.43. The molecule has 2 N–H and O–H groups in total. The van der Waals surface area contributed by atoms with Crippen molar-refractivity contribution >= 4 is 23.4 Å². The summed E-state index contributed by atoms with van der Waals surface area (Å²) in [7, 11) is 0. The van der Waals surface area contributed by atoms with Crippen LogP contribution in [0.4, 0.5) is 5.69 Å². The van der Waals surface area contributed by atoms with Crippen LogP contribution >= 0.6 is 11.8 Å². The fourth-order valence-electron chi connectivity index (χ4n) is 2.76. The highest BCUT2D eigenvalue weighted by Crippen LogP contribution is 2.26. The highest BCUT2D eigenvalue weighted by molar-refractivity contribution is 7.99. The number of hydrogen-bond acceptors (Lipinski definition) is 3. The Morgan fingerprint density at radius 2 is 2.26 bits per heavy atom. The monoisotopic (exact) mass is 276 g/mol. The summed E-state index contributed by atoms with van der Waals surface area (Å²) in [4.78, 5) is 12.2. The Hall–Kier alpha value is -1.16. The second kappa shape index (κ2) is 5.87. The molecule has 19 heavy (non-hydrogen) atoms. The van der Waals surface area contributed by atoms with Crippen LogP contribution < -0.4 is 10.6 Å². The van der Waals surface area contributed by atoms with Gasteiger partial charge in [0.05, 0.1) is 0 Å². The Balaban J connectivity index is 1.49. The average molecular weight is 276 g/mol. The third-order valence-corrected chi connectivity index (χ3v) is 5.26. The lowest BCUT2D eigenvalue weighted by Crippen LogP contribution is -2.41. The number of rotatable bonds is 3. The van der Waals surface area contributed by atoms with E-state index in [1.54, 1.807) is 0 Å². The van der Waals surface area contributed by atoms with Crippen molar-refractivity contribution in [2.75, 3.05) is 17.6 Å². The Morgan fingerprint density at radius 3 is 3.05 bits per heavy atom. The van der Waals surface area contributed by atoms with Crippen molar-refractivity contribution in [2.24, 2.45) is 0 Å². The average Bonchev–Trinajstić information content (AvgIpc) is 2.90. The minimum atomic E-state index is -0.0917. The molecule has 1 aromatic carbocycles. The van der Waals surface area contributed by atoms with Gasteiger partial charge in [-0.15, -0.1) is 0 Å². The van der Waals surface area contributed by atoms with Gasteiger partial charge < -0.3 is 10.6 Å². The van der Waals surface area contributed by atoms with E-state index in [4.69, 9.17) is 0 Å². The highest BCUT2D eigenvalue weighted by Gasteiger charge is 2.26. The summed E-state index contributed by atoms with van der Waals surface area (Å²) in [6.45, 7) is 0.817. The fraction of sp³-hybridized carbons (Fsp3) is 0.533. The molecule has 3 nitrogen and oxygen atoms in total. The molecule has 4 heteroatoms. The number of thioether (sulfide) groups is 1. The summed E-state index contributed by atoms with van der Waals surface area (Å²) in [5.74, 6) is 1.38. The van der Waals surface area contributed by atoms with Gasteiger partial charge in [-0.1, -0.05) is 24.6 Å². The fourth-order valence-corrected chi connectivity index (χ4v) is 4.00. The van der Waals surface area contributed by atoms with E-state index in [2.05, 4.69) is 16.7 Å². The molecule has 0 aliphatic carbocycles. The SMILES string of the molecule is O=C(NCC1CCCCS1)[C@@H]1Cc2ccccc2N1. The number of amides is 1. The molecule has 2 aliphatic rings. The van der Waals surface area contributed by atoms with Crippen molar-refractivity contribution in [2.45, 2.75) is 37.0 Å².